The van der Waals surface area contributed by atoms with Crippen molar-refractivity contribution in [2.24, 2.45) is 5.92 Å². The summed E-state index contributed by atoms with van der Waals surface area (Å²) in [6, 6.07) is 0. The van der Waals surface area contributed by atoms with Crippen LogP contribution >= 0.6 is 11.6 Å². The van der Waals surface area contributed by atoms with Crippen molar-refractivity contribution in [2.75, 3.05) is 13.6 Å². The Morgan fingerprint density at radius 3 is 2.65 bits per heavy atom. The second kappa shape index (κ2) is 4.69. The Morgan fingerprint density at radius 2 is 2.18 bits per heavy atom. The third kappa shape index (κ3) is 2.80. The van der Waals surface area contributed by atoms with Crippen molar-refractivity contribution in [1.29, 1.82) is 0 Å². The molecule has 1 heterocycles. The molecule has 0 radical (unpaired) electrons. The van der Waals surface area contributed by atoms with Gasteiger partial charge in [0.05, 0.1) is 16.4 Å². The second-order valence-corrected chi connectivity index (χ2v) is 5.24. The molecule has 17 heavy (non-hydrogen) atoms. The highest BCUT2D eigenvalue weighted by Gasteiger charge is 2.25. The van der Waals surface area contributed by atoms with Crippen molar-refractivity contribution in [3.8, 4) is 0 Å². The molecule has 0 N–H and O–H groups in total. The van der Waals surface area contributed by atoms with E-state index in [1.165, 1.54) is 12.8 Å². The summed E-state index contributed by atoms with van der Waals surface area (Å²) in [5.41, 5.74) is 1.64. The number of hydrogen-bond acceptors (Lipinski definition) is 2. The Morgan fingerprint density at radius 1 is 1.53 bits per heavy atom. The Balaban J connectivity index is 1.99. The summed E-state index contributed by atoms with van der Waals surface area (Å²) in [6.07, 6.45) is 2.51. The zero-order valence-corrected chi connectivity index (χ0v) is 11.3. The quantitative estimate of drug-likeness (QED) is 0.826. The number of aryl methyl sites for hydroxylation is 1. The number of nitrogens with zero attached hydrogens (tertiary/aromatic N) is 3. The molecule has 0 saturated heterocycles. The lowest BCUT2D eigenvalue weighted by molar-refractivity contribution is -0.131. The van der Waals surface area contributed by atoms with E-state index in [1.807, 2.05) is 20.9 Å². The second-order valence-electron chi connectivity index (χ2n) is 4.86. The van der Waals surface area contributed by atoms with Crippen LogP contribution in [0, 0.1) is 19.8 Å². The fourth-order valence-corrected chi connectivity index (χ4v) is 2.00. The highest BCUT2D eigenvalue weighted by Crippen LogP contribution is 2.29. The minimum atomic E-state index is 0.0965. The van der Waals surface area contributed by atoms with Crippen molar-refractivity contribution in [1.82, 2.24) is 14.7 Å². The summed E-state index contributed by atoms with van der Waals surface area (Å²) in [4.78, 5) is 13.8. The average molecular weight is 256 g/mol. The molecule has 5 heteroatoms. The van der Waals surface area contributed by atoms with E-state index in [4.69, 9.17) is 11.6 Å². The van der Waals surface area contributed by atoms with E-state index in [0.717, 1.165) is 17.9 Å². The number of amides is 1. The van der Waals surface area contributed by atoms with Crippen LogP contribution in [-0.4, -0.2) is 34.2 Å². The van der Waals surface area contributed by atoms with E-state index in [1.54, 1.807) is 9.58 Å². The monoisotopic (exact) mass is 255 g/mol. The van der Waals surface area contributed by atoms with Gasteiger partial charge in [-0.2, -0.15) is 5.10 Å². The molecule has 0 unspecified atom stereocenters. The summed E-state index contributed by atoms with van der Waals surface area (Å²) >= 11 is 6.05. The summed E-state index contributed by atoms with van der Waals surface area (Å²) < 4.78 is 1.68. The van der Waals surface area contributed by atoms with Gasteiger partial charge in [0.25, 0.3) is 0 Å². The molecule has 1 saturated carbocycles. The van der Waals surface area contributed by atoms with Crippen LogP contribution in [-0.2, 0) is 11.3 Å². The normalized spacial score (nSPS) is 15.1. The minimum absolute atomic E-state index is 0.0965. The van der Waals surface area contributed by atoms with Crippen LogP contribution < -0.4 is 0 Å². The maximum atomic E-state index is 12.0. The largest absolute Gasteiger partial charge is 0.344 e. The number of halogens is 1. The molecule has 0 spiro atoms. The van der Waals surface area contributed by atoms with Gasteiger partial charge >= 0.3 is 0 Å². The van der Waals surface area contributed by atoms with Gasteiger partial charge in [-0.1, -0.05) is 11.6 Å². The van der Waals surface area contributed by atoms with E-state index in [2.05, 4.69) is 5.10 Å². The van der Waals surface area contributed by atoms with E-state index in [-0.39, 0.29) is 12.5 Å². The van der Waals surface area contributed by atoms with Crippen LogP contribution in [0.3, 0.4) is 0 Å². The highest BCUT2D eigenvalue weighted by atomic mass is 35.5. The van der Waals surface area contributed by atoms with E-state index >= 15 is 0 Å². The highest BCUT2D eigenvalue weighted by molar-refractivity contribution is 6.31. The Bertz CT molecular complexity index is 437. The van der Waals surface area contributed by atoms with Crippen molar-refractivity contribution in [2.45, 2.75) is 33.2 Å². The Hall–Kier alpha value is -1.03. The third-order valence-electron chi connectivity index (χ3n) is 3.23. The van der Waals surface area contributed by atoms with Gasteiger partial charge in [-0.15, -0.1) is 0 Å². The maximum Gasteiger partial charge on any atom is 0.244 e. The van der Waals surface area contributed by atoms with Crippen LogP contribution in [0.2, 0.25) is 5.02 Å². The topological polar surface area (TPSA) is 38.1 Å². The predicted molar refractivity (Wildman–Crippen MR) is 67.1 cm³/mol. The molecule has 2 rings (SSSR count). The molecule has 1 fully saturated rings. The van der Waals surface area contributed by atoms with Gasteiger partial charge in [0.15, 0.2) is 0 Å². The molecule has 1 aliphatic rings. The fourth-order valence-electron chi connectivity index (χ4n) is 1.87. The van der Waals surface area contributed by atoms with Crippen molar-refractivity contribution in [3.05, 3.63) is 16.4 Å². The lowest BCUT2D eigenvalue weighted by atomic mass is 10.3. The number of carbonyl (C=O) groups excluding carboxylic acids is 1. The van der Waals surface area contributed by atoms with E-state index in [0.29, 0.717) is 10.9 Å². The van der Waals surface area contributed by atoms with Gasteiger partial charge in [-0.05, 0) is 32.6 Å². The van der Waals surface area contributed by atoms with Gasteiger partial charge in [-0.3, -0.25) is 9.48 Å². The molecule has 1 aromatic rings. The summed E-state index contributed by atoms with van der Waals surface area (Å²) in [6.45, 7) is 4.88. The van der Waals surface area contributed by atoms with Crippen LogP contribution in [0.1, 0.15) is 24.2 Å². The van der Waals surface area contributed by atoms with Gasteiger partial charge < -0.3 is 4.90 Å². The lowest BCUT2D eigenvalue weighted by Crippen LogP contribution is -2.32. The van der Waals surface area contributed by atoms with Crippen LogP contribution in [0.5, 0.6) is 0 Å². The third-order valence-corrected chi connectivity index (χ3v) is 3.78. The molecular weight excluding hydrogens is 238 g/mol. The van der Waals surface area contributed by atoms with Gasteiger partial charge in [0.2, 0.25) is 5.91 Å². The van der Waals surface area contributed by atoms with Crippen molar-refractivity contribution >= 4 is 17.5 Å². The van der Waals surface area contributed by atoms with Crippen LogP contribution in [0.15, 0.2) is 0 Å². The first kappa shape index (κ1) is 12.4. The molecular formula is C12H18ClN3O. The first-order chi connectivity index (χ1) is 7.99. The number of aromatic nitrogens is 2. The molecule has 0 aliphatic heterocycles. The first-order valence-corrected chi connectivity index (χ1v) is 6.30. The maximum absolute atomic E-state index is 12.0. The van der Waals surface area contributed by atoms with Crippen LogP contribution in [0.25, 0.3) is 0 Å². The molecule has 0 atom stereocenters. The van der Waals surface area contributed by atoms with Gasteiger partial charge in [-0.25, -0.2) is 0 Å². The zero-order valence-electron chi connectivity index (χ0n) is 10.5. The summed E-state index contributed by atoms with van der Waals surface area (Å²) in [7, 11) is 1.86. The standard InChI is InChI=1S/C12H18ClN3O/c1-8-12(13)9(2)16(14-8)7-11(17)15(3)6-10-4-5-10/h10H,4-7H2,1-3H3. The lowest BCUT2D eigenvalue weighted by Gasteiger charge is -2.17. The van der Waals surface area contributed by atoms with Crippen molar-refractivity contribution < 1.29 is 4.79 Å². The predicted octanol–water partition coefficient (Wildman–Crippen LogP) is 2.02. The molecule has 94 valence electrons. The fraction of sp³-hybridized carbons (Fsp3) is 0.667. The van der Waals surface area contributed by atoms with Crippen molar-refractivity contribution in [3.63, 3.8) is 0 Å². The Labute approximate surface area is 107 Å². The molecule has 0 aromatic carbocycles. The molecule has 1 aromatic heterocycles. The first-order valence-electron chi connectivity index (χ1n) is 5.92. The summed E-state index contributed by atoms with van der Waals surface area (Å²) in [5, 5.41) is 4.92. The molecule has 1 amide bonds. The van der Waals surface area contributed by atoms with Gasteiger partial charge in [0.1, 0.15) is 6.54 Å². The minimum Gasteiger partial charge on any atom is -0.344 e. The number of likely N-dealkylation sites (N-methyl/N-ethyl adjacent to an activating group) is 1. The molecule has 0 bridgehead atoms. The van der Waals surface area contributed by atoms with E-state index in [9.17, 15) is 4.79 Å². The molecule has 4 nitrogen and oxygen atoms in total. The SMILES string of the molecule is Cc1nn(CC(=O)N(C)CC2CC2)c(C)c1Cl. The average Bonchev–Trinajstić information content (AvgIpc) is 3.05. The van der Waals surface area contributed by atoms with E-state index < -0.39 is 0 Å². The Kier molecular flexibility index (Phi) is 3.43. The molecule has 1 aliphatic carbocycles. The zero-order chi connectivity index (χ0) is 12.6. The number of hydrogen-bond donors (Lipinski definition) is 0. The van der Waals surface area contributed by atoms with Gasteiger partial charge in [0, 0.05) is 13.6 Å². The number of carbonyl (C=O) groups is 1. The smallest absolute Gasteiger partial charge is 0.244 e. The summed E-state index contributed by atoms with van der Waals surface area (Å²) in [5.74, 6) is 0.812. The number of rotatable bonds is 4. The van der Waals surface area contributed by atoms with Crippen LogP contribution in [0.4, 0.5) is 0 Å².